The Labute approximate surface area is 208 Å². The van der Waals surface area contributed by atoms with Crippen LogP contribution in [-0.2, 0) is 39.8 Å². The molecule has 2 heterocycles. The molecule has 2 unspecified atom stereocenters. The molecule has 1 aromatic rings. The van der Waals surface area contributed by atoms with Gasteiger partial charge in [0.15, 0.2) is 11.2 Å². The van der Waals surface area contributed by atoms with E-state index in [1.54, 1.807) is 4.90 Å². The first-order valence-electron chi connectivity index (χ1n) is 12.4. The van der Waals surface area contributed by atoms with Crippen LogP contribution >= 0.6 is 0 Å². The van der Waals surface area contributed by atoms with E-state index in [-0.39, 0.29) is 30.1 Å². The number of nitrogens with one attached hydrogen (secondary N) is 2. The number of carbonyl (C=O) groups excluding carboxylic acids is 1. The van der Waals surface area contributed by atoms with Crippen LogP contribution in [0, 0.1) is 5.92 Å². The Hall–Kier alpha value is -1.69. The summed E-state index contributed by atoms with van der Waals surface area (Å²) in [6, 6.07) is 2.73. The van der Waals surface area contributed by atoms with Gasteiger partial charge in [0.05, 0.1) is 11.3 Å². The van der Waals surface area contributed by atoms with Gasteiger partial charge in [-0.1, -0.05) is 20.3 Å². The molecule has 3 aliphatic rings. The van der Waals surface area contributed by atoms with Crippen LogP contribution in [-0.4, -0.2) is 46.9 Å². The van der Waals surface area contributed by atoms with Gasteiger partial charge in [-0.2, -0.15) is 13.2 Å². The lowest BCUT2D eigenvalue weighted by molar-refractivity contribution is -0.137. The number of ether oxygens (including phenoxy) is 1. The minimum absolute atomic E-state index is 0.00116. The van der Waals surface area contributed by atoms with E-state index >= 15 is 0 Å². The summed E-state index contributed by atoms with van der Waals surface area (Å²) >= 11 is -1.99. The van der Waals surface area contributed by atoms with E-state index in [9.17, 15) is 22.2 Å². The second-order valence-electron chi connectivity index (χ2n) is 9.54. The van der Waals surface area contributed by atoms with Crippen LogP contribution in [0.1, 0.15) is 69.1 Å². The molecule has 7 nitrogen and oxygen atoms in total. The van der Waals surface area contributed by atoms with E-state index in [2.05, 4.69) is 23.9 Å². The van der Waals surface area contributed by atoms with Crippen molar-refractivity contribution in [2.24, 2.45) is 11.1 Å². The van der Waals surface area contributed by atoms with Crippen molar-refractivity contribution >= 4 is 22.8 Å². The molecule has 1 saturated carbocycles. The highest BCUT2D eigenvalue weighted by Crippen LogP contribution is 2.37. The highest BCUT2D eigenvalue weighted by Gasteiger charge is 2.37. The van der Waals surface area contributed by atoms with Crippen LogP contribution in [0.15, 0.2) is 12.1 Å². The Morgan fingerprint density at radius 1 is 1.17 bits per heavy atom. The average Bonchev–Trinajstić information content (AvgIpc) is 3.26. The highest BCUT2D eigenvalue weighted by molar-refractivity contribution is 7.84. The van der Waals surface area contributed by atoms with E-state index in [1.807, 2.05) is 0 Å². The van der Waals surface area contributed by atoms with Gasteiger partial charge >= 0.3 is 6.18 Å². The van der Waals surface area contributed by atoms with E-state index < -0.39 is 22.9 Å². The molecule has 0 radical (unpaired) electrons. The summed E-state index contributed by atoms with van der Waals surface area (Å²) in [5, 5.41) is 8.90. The predicted octanol–water partition coefficient (Wildman–Crippen LogP) is 3.89. The molecule has 4 rings (SSSR count). The molecule has 1 aliphatic carbocycles. The molecule has 2 aliphatic heterocycles. The Morgan fingerprint density at radius 3 is 2.49 bits per heavy atom. The quantitative estimate of drug-likeness (QED) is 0.551. The zero-order valence-corrected chi connectivity index (χ0v) is 21.3. The molecular formula is C24H37F3N4O3S. The number of nitrogens with two attached hydrogens (primary N) is 1. The van der Waals surface area contributed by atoms with Crippen LogP contribution in [0.25, 0.3) is 0 Å². The number of halogens is 3. The summed E-state index contributed by atoms with van der Waals surface area (Å²) in [7, 11) is 0. The molecule has 1 aromatic carbocycles. The molecule has 35 heavy (non-hydrogen) atoms. The lowest BCUT2D eigenvalue weighted by atomic mass is 9.94. The summed E-state index contributed by atoms with van der Waals surface area (Å²) in [6.07, 6.45) is 1.49. The van der Waals surface area contributed by atoms with Crippen LogP contribution in [0.4, 0.5) is 18.9 Å². The molecule has 0 aromatic heterocycles. The first-order chi connectivity index (χ1) is 16.6. The second-order valence-corrected chi connectivity index (χ2v) is 10.3. The fourth-order valence-corrected chi connectivity index (χ4v) is 5.46. The number of hydrogen-bond donors (Lipinski definition) is 3. The van der Waals surface area contributed by atoms with Gasteiger partial charge in [-0.05, 0) is 61.8 Å². The molecule has 0 spiro atoms. The number of amides is 1. The number of fused-ring (bicyclic) bond motifs is 1. The molecule has 11 heteroatoms. The minimum atomic E-state index is -4.55. The Kier molecular flexibility index (Phi) is 9.97. The van der Waals surface area contributed by atoms with Crippen molar-refractivity contribution in [3.05, 3.63) is 28.8 Å². The maximum absolute atomic E-state index is 13.4. The van der Waals surface area contributed by atoms with Gasteiger partial charge in [0.2, 0.25) is 5.91 Å². The summed E-state index contributed by atoms with van der Waals surface area (Å²) in [6.45, 7) is 6.29. The Morgan fingerprint density at radius 2 is 1.86 bits per heavy atom. The van der Waals surface area contributed by atoms with Gasteiger partial charge in [0.25, 0.3) is 0 Å². The third-order valence-electron chi connectivity index (χ3n) is 6.66. The first-order valence-corrected chi connectivity index (χ1v) is 13.6. The number of hydrogen-bond acceptors (Lipinski definition) is 4. The number of nitrogens with zero attached hydrogens (tertiary/aromatic N) is 1. The molecule has 3 atom stereocenters. The molecule has 1 amide bonds. The van der Waals surface area contributed by atoms with E-state index in [4.69, 9.17) is 9.88 Å². The van der Waals surface area contributed by atoms with Gasteiger partial charge in [-0.25, -0.2) is 9.35 Å². The normalized spacial score (nSPS) is 23.8. The number of carbonyl (C=O) groups is 1. The van der Waals surface area contributed by atoms with Gasteiger partial charge in [-0.3, -0.25) is 9.52 Å². The molecular weight excluding hydrogens is 481 g/mol. The van der Waals surface area contributed by atoms with Crippen molar-refractivity contribution in [1.29, 1.82) is 0 Å². The summed E-state index contributed by atoms with van der Waals surface area (Å²) < 4.78 is 59.4. The van der Waals surface area contributed by atoms with E-state index in [1.165, 1.54) is 6.42 Å². The lowest BCUT2D eigenvalue weighted by Crippen LogP contribution is -2.42. The smallest absolute Gasteiger partial charge is 0.381 e. The average molecular weight is 519 g/mol. The predicted molar refractivity (Wildman–Crippen MR) is 131 cm³/mol. The van der Waals surface area contributed by atoms with Gasteiger partial charge in [0.1, 0.15) is 0 Å². The van der Waals surface area contributed by atoms with Crippen molar-refractivity contribution in [3.8, 4) is 0 Å². The van der Waals surface area contributed by atoms with Crippen LogP contribution in [0.2, 0.25) is 0 Å². The van der Waals surface area contributed by atoms with Crippen LogP contribution < -0.4 is 15.2 Å². The third-order valence-corrected chi connectivity index (χ3v) is 7.08. The minimum Gasteiger partial charge on any atom is -0.381 e. The Balaban J connectivity index is 0.00000108. The van der Waals surface area contributed by atoms with Crippen LogP contribution in [0.3, 0.4) is 0 Å². The topological polar surface area (TPSA) is 96.7 Å². The van der Waals surface area contributed by atoms with Crippen molar-refractivity contribution in [1.82, 2.24) is 10.2 Å². The SMILES string of the molecule is CCC.NS(=O)Nc1cc(C(F)(F)F)cc2c1CCN(C(=O)[C@H]1CCC(NC3CCOCC3)C1)C2. The number of anilines is 1. The second kappa shape index (κ2) is 12.5. The van der Waals surface area contributed by atoms with E-state index in [0.29, 0.717) is 30.1 Å². The van der Waals surface area contributed by atoms with Crippen molar-refractivity contribution in [2.75, 3.05) is 24.5 Å². The van der Waals surface area contributed by atoms with Crippen molar-refractivity contribution in [2.45, 2.75) is 83.6 Å². The zero-order chi connectivity index (χ0) is 25.6. The Bertz CT molecular complexity index is 894. The molecule has 1 saturated heterocycles. The molecule has 0 bridgehead atoms. The maximum atomic E-state index is 13.4. The van der Waals surface area contributed by atoms with E-state index in [0.717, 1.165) is 57.5 Å². The monoisotopic (exact) mass is 518 g/mol. The van der Waals surface area contributed by atoms with Gasteiger partial charge in [-0.15, -0.1) is 0 Å². The number of rotatable bonds is 5. The summed E-state index contributed by atoms with van der Waals surface area (Å²) in [5.41, 5.74) is 0.318. The number of alkyl halides is 3. The summed E-state index contributed by atoms with van der Waals surface area (Å²) in [5.74, 6) is -0.116. The largest absolute Gasteiger partial charge is 0.416 e. The van der Waals surface area contributed by atoms with Crippen LogP contribution in [0.5, 0.6) is 0 Å². The van der Waals surface area contributed by atoms with Crippen molar-refractivity contribution in [3.63, 3.8) is 0 Å². The van der Waals surface area contributed by atoms with Gasteiger partial charge < -0.3 is 15.0 Å². The number of benzene rings is 1. The lowest BCUT2D eigenvalue weighted by Gasteiger charge is -2.33. The van der Waals surface area contributed by atoms with Gasteiger partial charge in [0, 0.05) is 44.3 Å². The fourth-order valence-electron chi connectivity index (χ4n) is 5.06. The standard InChI is InChI=1S/C21H29F3N4O3S.C3H8/c22-21(23,24)15-9-14-12-28(6-3-18(14)19(11-15)27-32(25)30)20(29)13-1-2-17(10-13)26-16-4-7-31-8-5-16;1-3-2/h9,11,13,16-17,26-27H,1-8,10,12,25H2;3H2,1-2H3/t13-,17?,32?;/m0./s1. The van der Waals surface area contributed by atoms with Crippen molar-refractivity contribution < 1.29 is 26.9 Å². The highest BCUT2D eigenvalue weighted by atomic mass is 32.2. The molecule has 2 fully saturated rings. The fraction of sp³-hybridized carbons (Fsp3) is 0.708. The maximum Gasteiger partial charge on any atom is 0.416 e. The third kappa shape index (κ3) is 7.65. The first kappa shape index (κ1) is 27.9. The summed E-state index contributed by atoms with van der Waals surface area (Å²) in [4.78, 5) is 14.8. The molecule has 4 N–H and O–H groups in total. The zero-order valence-electron chi connectivity index (χ0n) is 20.5. The molecule has 198 valence electrons.